The third-order valence-electron chi connectivity index (χ3n) is 5.88. The predicted molar refractivity (Wildman–Crippen MR) is 115 cm³/mol. The van der Waals surface area contributed by atoms with Gasteiger partial charge in [0.2, 0.25) is 0 Å². The number of hydrogen-bond donors (Lipinski definition) is 2. The molecule has 12 heteroatoms. The summed E-state index contributed by atoms with van der Waals surface area (Å²) in [5.41, 5.74) is -0.894. The highest BCUT2D eigenvalue weighted by molar-refractivity contribution is 7.91. The molecule has 0 aliphatic heterocycles. The normalized spacial score (nSPS) is 15.1. The summed E-state index contributed by atoms with van der Waals surface area (Å²) in [6.07, 6.45) is -2.73. The summed E-state index contributed by atoms with van der Waals surface area (Å²) in [6.45, 7) is 1.21. The average molecular weight is 492 g/mol. The van der Waals surface area contributed by atoms with Gasteiger partial charge >= 0.3 is 12.1 Å². The topological polar surface area (TPSA) is 125 Å². The molecule has 2 N–H and O–H groups in total. The minimum Gasteiger partial charge on any atom is -0.478 e. The standard InChI is InChI=1S/C22H19F3N4O4S/c1-2-34(32,33)19-18(28-17-6-5-15(11-29(17)19)22(23,24)25)27-10-13-3-4-14(9-16(13)20(30)31)21(12-26)7-8-21/h3-6,9,11,27H,2,7-8,10H2,1H3,(H,30,31). The molecule has 0 unspecified atom stereocenters. The molecule has 0 bridgehead atoms. The molecular formula is C22H19F3N4O4S. The highest BCUT2D eigenvalue weighted by atomic mass is 32.2. The van der Waals surface area contributed by atoms with Crippen molar-refractivity contribution in [3.63, 3.8) is 0 Å². The SMILES string of the molecule is CCS(=O)(=O)c1c(NCc2ccc(C3(C#N)CC3)cc2C(=O)O)nc2ccc(C(F)(F)F)cn12. The number of imidazole rings is 1. The van der Waals surface area contributed by atoms with Crippen molar-refractivity contribution >= 4 is 27.3 Å². The van der Waals surface area contributed by atoms with Crippen molar-refractivity contribution in [3.8, 4) is 6.07 Å². The summed E-state index contributed by atoms with van der Waals surface area (Å²) in [5.74, 6) is -1.78. The van der Waals surface area contributed by atoms with Crippen molar-refractivity contribution in [2.24, 2.45) is 0 Å². The first-order chi connectivity index (χ1) is 15.9. The second-order valence-corrected chi connectivity index (χ2v) is 10.2. The van der Waals surface area contributed by atoms with E-state index in [2.05, 4.69) is 16.4 Å². The highest BCUT2D eigenvalue weighted by Crippen LogP contribution is 2.47. The zero-order valence-electron chi connectivity index (χ0n) is 17.8. The van der Waals surface area contributed by atoms with E-state index in [0.29, 0.717) is 30.2 Å². The number of hydrogen-bond acceptors (Lipinski definition) is 6. The van der Waals surface area contributed by atoms with Gasteiger partial charge in [-0.15, -0.1) is 0 Å². The number of benzene rings is 1. The number of aromatic carboxylic acids is 1. The summed E-state index contributed by atoms with van der Waals surface area (Å²) < 4.78 is 65.9. The van der Waals surface area contributed by atoms with Gasteiger partial charge in [0.05, 0.1) is 28.4 Å². The van der Waals surface area contributed by atoms with Gasteiger partial charge < -0.3 is 10.4 Å². The smallest absolute Gasteiger partial charge is 0.417 e. The van der Waals surface area contributed by atoms with Crippen molar-refractivity contribution in [2.75, 3.05) is 11.1 Å². The molecule has 2 aromatic heterocycles. The summed E-state index contributed by atoms with van der Waals surface area (Å²) in [4.78, 5) is 16.0. The van der Waals surface area contributed by atoms with E-state index in [1.165, 1.54) is 19.1 Å². The Morgan fingerprint density at radius 3 is 2.56 bits per heavy atom. The molecule has 1 aliphatic carbocycles. The van der Waals surface area contributed by atoms with E-state index in [-0.39, 0.29) is 29.3 Å². The maximum absolute atomic E-state index is 13.2. The van der Waals surface area contributed by atoms with Gasteiger partial charge in [0.25, 0.3) is 0 Å². The molecule has 0 amide bonds. The zero-order chi connectivity index (χ0) is 24.9. The lowest BCUT2D eigenvalue weighted by Crippen LogP contribution is -2.14. The minimum atomic E-state index is -4.68. The number of aromatic nitrogens is 2. The molecule has 34 heavy (non-hydrogen) atoms. The van der Waals surface area contributed by atoms with Crippen LogP contribution < -0.4 is 5.32 Å². The molecule has 2 heterocycles. The number of carboxylic acid groups (broad SMARTS) is 1. The quantitative estimate of drug-likeness (QED) is 0.511. The second kappa shape index (κ2) is 8.02. The van der Waals surface area contributed by atoms with Crippen LogP contribution in [0.2, 0.25) is 0 Å². The number of rotatable bonds is 7. The van der Waals surface area contributed by atoms with Crippen LogP contribution in [0.25, 0.3) is 5.65 Å². The molecule has 178 valence electrons. The first kappa shape index (κ1) is 23.6. The number of anilines is 1. The maximum atomic E-state index is 13.2. The third-order valence-corrected chi connectivity index (χ3v) is 7.62. The molecule has 0 saturated heterocycles. The lowest BCUT2D eigenvalue weighted by Gasteiger charge is -2.13. The Morgan fingerprint density at radius 2 is 2.00 bits per heavy atom. The fraction of sp³-hybridized carbons (Fsp3) is 0.318. The van der Waals surface area contributed by atoms with Gasteiger partial charge in [-0.1, -0.05) is 19.1 Å². The molecule has 0 radical (unpaired) electrons. The Kier molecular flexibility index (Phi) is 5.56. The Balaban J connectivity index is 1.75. The lowest BCUT2D eigenvalue weighted by molar-refractivity contribution is -0.137. The number of fused-ring (bicyclic) bond motifs is 1. The van der Waals surface area contributed by atoms with Gasteiger partial charge in [0, 0.05) is 12.7 Å². The number of carboxylic acids is 1. The van der Waals surface area contributed by atoms with Crippen molar-refractivity contribution in [1.82, 2.24) is 9.38 Å². The van der Waals surface area contributed by atoms with Crippen molar-refractivity contribution in [2.45, 2.75) is 42.9 Å². The molecule has 1 aliphatic rings. The Hall–Kier alpha value is -3.59. The third kappa shape index (κ3) is 4.07. The molecule has 1 saturated carbocycles. The number of alkyl halides is 3. The predicted octanol–water partition coefficient (Wildman–Crippen LogP) is 4.01. The van der Waals surface area contributed by atoms with Crippen molar-refractivity contribution in [3.05, 3.63) is 58.8 Å². The number of nitrogens with one attached hydrogen (secondary N) is 1. The Bertz CT molecular complexity index is 1450. The van der Waals surface area contributed by atoms with Crippen LogP contribution >= 0.6 is 0 Å². The van der Waals surface area contributed by atoms with Crippen LogP contribution in [0.5, 0.6) is 0 Å². The average Bonchev–Trinajstić information content (AvgIpc) is 3.50. The van der Waals surface area contributed by atoms with E-state index in [0.717, 1.165) is 16.5 Å². The fourth-order valence-corrected chi connectivity index (χ4v) is 4.87. The van der Waals surface area contributed by atoms with E-state index in [4.69, 9.17) is 0 Å². The van der Waals surface area contributed by atoms with E-state index in [1.807, 2.05) is 0 Å². The van der Waals surface area contributed by atoms with E-state index < -0.39 is 38.0 Å². The first-order valence-corrected chi connectivity index (χ1v) is 11.9. The zero-order valence-corrected chi connectivity index (χ0v) is 18.7. The molecular weight excluding hydrogens is 473 g/mol. The van der Waals surface area contributed by atoms with Gasteiger partial charge in [-0.25, -0.2) is 18.2 Å². The minimum absolute atomic E-state index is 0.0129. The number of pyridine rings is 1. The van der Waals surface area contributed by atoms with Crippen LogP contribution in [-0.2, 0) is 28.0 Å². The molecule has 1 fully saturated rings. The summed E-state index contributed by atoms with van der Waals surface area (Å²) in [6, 6.07) is 8.70. The van der Waals surface area contributed by atoms with Gasteiger partial charge in [-0.3, -0.25) is 4.40 Å². The van der Waals surface area contributed by atoms with Crippen LogP contribution in [0.1, 0.15) is 46.8 Å². The van der Waals surface area contributed by atoms with E-state index in [1.54, 1.807) is 6.07 Å². The van der Waals surface area contributed by atoms with Gasteiger partial charge in [-0.2, -0.15) is 18.4 Å². The monoisotopic (exact) mass is 492 g/mol. The number of carbonyl (C=O) groups is 1. The van der Waals surface area contributed by atoms with Crippen LogP contribution in [0.3, 0.4) is 0 Å². The number of nitriles is 1. The molecule has 4 rings (SSSR count). The number of nitrogens with zero attached hydrogens (tertiary/aromatic N) is 3. The van der Waals surface area contributed by atoms with Gasteiger partial charge in [0.15, 0.2) is 20.7 Å². The van der Waals surface area contributed by atoms with Gasteiger partial charge in [-0.05, 0) is 42.2 Å². The molecule has 1 aromatic carbocycles. The second-order valence-electron chi connectivity index (χ2n) is 8.04. The lowest BCUT2D eigenvalue weighted by atomic mass is 9.93. The molecule has 0 atom stereocenters. The van der Waals surface area contributed by atoms with Crippen LogP contribution in [0, 0.1) is 11.3 Å². The number of sulfone groups is 1. The van der Waals surface area contributed by atoms with Crippen molar-refractivity contribution < 1.29 is 31.5 Å². The van der Waals surface area contributed by atoms with Crippen LogP contribution in [-0.4, -0.2) is 34.6 Å². The molecule has 3 aromatic rings. The van der Waals surface area contributed by atoms with Crippen LogP contribution in [0.15, 0.2) is 41.6 Å². The molecule has 0 spiro atoms. The fourth-order valence-electron chi connectivity index (χ4n) is 3.74. The Morgan fingerprint density at radius 1 is 1.29 bits per heavy atom. The van der Waals surface area contributed by atoms with E-state index >= 15 is 0 Å². The van der Waals surface area contributed by atoms with E-state index in [9.17, 15) is 36.8 Å². The summed E-state index contributed by atoms with van der Waals surface area (Å²) in [7, 11) is -4.01. The maximum Gasteiger partial charge on any atom is 0.417 e. The first-order valence-electron chi connectivity index (χ1n) is 10.3. The summed E-state index contributed by atoms with van der Waals surface area (Å²) in [5, 5.41) is 21.4. The number of halogens is 3. The Labute approximate surface area is 192 Å². The highest BCUT2D eigenvalue weighted by Gasteiger charge is 2.45. The largest absolute Gasteiger partial charge is 0.478 e. The van der Waals surface area contributed by atoms with Crippen molar-refractivity contribution in [1.29, 1.82) is 5.26 Å². The van der Waals surface area contributed by atoms with Gasteiger partial charge in [0.1, 0.15) is 5.65 Å². The van der Waals surface area contributed by atoms with Crippen LogP contribution in [0.4, 0.5) is 19.0 Å². The summed E-state index contributed by atoms with van der Waals surface area (Å²) >= 11 is 0. The molecule has 8 nitrogen and oxygen atoms in total.